The highest BCUT2D eigenvalue weighted by Crippen LogP contribution is 2.44. The number of para-hydroxylation sites is 1. The summed E-state index contributed by atoms with van der Waals surface area (Å²) in [4.78, 5) is 2.45. The van der Waals surface area contributed by atoms with Crippen LogP contribution in [0.25, 0.3) is 42.4 Å². The van der Waals surface area contributed by atoms with Crippen LogP contribution >= 0.6 is 11.3 Å². The van der Waals surface area contributed by atoms with Gasteiger partial charge in [-0.15, -0.1) is 11.3 Å². The van der Waals surface area contributed by atoms with Crippen LogP contribution < -0.4 is 25.6 Å². The SMILES string of the molecule is c1ccc(-c2ccc3c(c2)sc2cc(N(c4ccc([Si](c5ccccc5)(c5ccccc5)c5ccccc5)cc4)c4ccccc4-c4ccccc4)ccc23)cc1. The van der Waals surface area contributed by atoms with Crippen LogP contribution in [0.5, 0.6) is 0 Å². The Morgan fingerprint density at radius 1 is 0.316 bits per heavy atom. The van der Waals surface area contributed by atoms with E-state index in [1.807, 2.05) is 11.3 Å². The van der Waals surface area contributed by atoms with Crippen molar-refractivity contribution in [2.75, 3.05) is 4.90 Å². The van der Waals surface area contributed by atoms with E-state index in [1.54, 1.807) is 0 Å². The summed E-state index contributed by atoms with van der Waals surface area (Å²) in [6.45, 7) is 0. The second kappa shape index (κ2) is 15.0. The minimum Gasteiger partial charge on any atom is -0.310 e. The van der Waals surface area contributed by atoms with Gasteiger partial charge in [-0.3, -0.25) is 0 Å². The summed E-state index contributed by atoms with van der Waals surface area (Å²) in [7, 11) is -2.68. The van der Waals surface area contributed by atoms with Gasteiger partial charge in [-0.1, -0.05) is 200 Å². The van der Waals surface area contributed by atoms with Gasteiger partial charge in [0.2, 0.25) is 0 Å². The van der Waals surface area contributed by atoms with Crippen molar-refractivity contribution in [1.29, 1.82) is 0 Å². The minimum atomic E-state index is -2.68. The molecule has 0 aliphatic rings. The molecule has 0 aliphatic carbocycles. The van der Waals surface area contributed by atoms with Crippen LogP contribution in [0.4, 0.5) is 17.1 Å². The van der Waals surface area contributed by atoms with Crippen molar-refractivity contribution in [1.82, 2.24) is 0 Å². The van der Waals surface area contributed by atoms with Gasteiger partial charge in [-0.05, 0) is 73.8 Å². The Balaban J connectivity index is 1.16. The third kappa shape index (κ3) is 6.28. The molecule has 0 fully saturated rings. The highest BCUT2D eigenvalue weighted by molar-refractivity contribution is 7.26. The van der Waals surface area contributed by atoms with Crippen LogP contribution in [-0.2, 0) is 0 Å². The number of nitrogens with zero attached hydrogens (tertiary/aromatic N) is 1. The Kier molecular flexibility index (Phi) is 9.15. The Hall–Kier alpha value is -6.78. The van der Waals surface area contributed by atoms with Crippen molar-refractivity contribution in [3.63, 3.8) is 0 Å². The number of rotatable bonds is 9. The zero-order chi connectivity index (χ0) is 38.0. The summed E-state index contributed by atoms with van der Waals surface area (Å²) in [5.41, 5.74) is 8.25. The maximum Gasteiger partial charge on any atom is 0.179 e. The quantitative estimate of drug-likeness (QED) is 0.105. The third-order valence-corrected chi connectivity index (χ3v) is 17.1. The zero-order valence-electron chi connectivity index (χ0n) is 31.4. The van der Waals surface area contributed by atoms with E-state index in [2.05, 4.69) is 241 Å². The van der Waals surface area contributed by atoms with E-state index >= 15 is 0 Å². The molecule has 0 spiro atoms. The standard InChI is InChI=1S/C54H39NSSi/c1-6-18-40(19-7-1)42-30-36-50-51-37-33-44(39-54(51)56-53(50)38-42)55(52-29-17-16-28-49(52)41-20-8-2-9-21-41)43-31-34-48(35-32-43)57(45-22-10-3-11-23-45,46-24-12-4-13-25-46)47-26-14-5-15-27-47/h1-39H. The molecule has 0 atom stereocenters. The molecular formula is C54H39NSSi. The second-order valence-corrected chi connectivity index (χ2v) is 19.4. The predicted molar refractivity (Wildman–Crippen MR) is 249 cm³/mol. The van der Waals surface area contributed by atoms with Crippen LogP contribution in [-0.4, -0.2) is 8.07 Å². The number of benzene rings is 9. The number of fused-ring (bicyclic) bond motifs is 3. The van der Waals surface area contributed by atoms with E-state index in [0.29, 0.717) is 0 Å². The Morgan fingerprint density at radius 3 is 1.33 bits per heavy atom. The fourth-order valence-electron chi connectivity index (χ4n) is 8.60. The molecule has 3 heteroatoms. The first-order valence-electron chi connectivity index (χ1n) is 19.5. The molecule has 57 heavy (non-hydrogen) atoms. The lowest BCUT2D eigenvalue weighted by Crippen LogP contribution is -2.74. The van der Waals surface area contributed by atoms with Gasteiger partial charge in [0.25, 0.3) is 0 Å². The molecule has 1 nitrogen and oxygen atoms in total. The summed E-state index contributed by atoms with van der Waals surface area (Å²) in [6.07, 6.45) is 0. The summed E-state index contributed by atoms with van der Waals surface area (Å²) in [5.74, 6) is 0. The van der Waals surface area contributed by atoms with Gasteiger partial charge in [0.1, 0.15) is 0 Å². The molecule has 10 aromatic rings. The van der Waals surface area contributed by atoms with E-state index < -0.39 is 8.07 Å². The van der Waals surface area contributed by atoms with Crippen LogP contribution in [0.15, 0.2) is 237 Å². The molecule has 0 aliphatic heterocycles. The largest absolute Gasteiger partial charge is 0.310 e. The van der Waals surface area contributed by atoms with E-state index in [4.69, 9.17) is 0 Å². The van der Waals surface area contributed by atoms with E-state index in [9.17, 15) is 0 Å². The molecule has 0 saturated carbocycles. The number of hydrogen-bond donors (Lipinski definition) is 0. The van der Waals surface area contributed by atoms with E-state index in [0.717, 1.165) is 17.1 Å². The lowest BCUT2D eigenvalue weighted by molar-refractivity contribution is 1.29. The first kappa shape index (κ1) is 34.7. The van der Waals surface area contributed by atoms with E-state index in [-0.39, 0.29) is 0 Å². The monoisotopic (exact) mass is 761 g/mol. The molecule has 0 unspecified atom stereocenters. The molecule has 0 radical (unpaired) electrons. The molecule has 9 aromatic carbocycles. The average molecular weight is 762 g/mol. The van der Waals surface area contributed by atoms with Crippen LogP contribution in [0.3, 0.4) is 0 Å². The van der Waals surface area contributed by atoms with Gasteiger partial charge in [-0.25, -0.2) is 0 Å². The van der Waals surface area contributed by atoms with Gasteiger partial charge in [0.15, 0.2) is 8.07 Å². The van der Waals surface area contributed by atoms with Gasteiger partial charge in [0, 0.05) is 37.1 Å². The molecule has 270 valence electrons. The lowest BCUT2D eigenvalue weighted by atomic mass is 10.0. The first-order valence-corrected chi connectivity index (χ1v) is 22.3. The van der Waals surface area contributed by atoms with Gasteiger partial charge in [-0.2, -0.15) is 0 Å². The van der Waals surface area contributed by atoms with Crippen molar-refractivity contribution in [2.45, 2.75) is 0 Å². The molecule has 0 amide bonds. The highest BCUT2D eigenvalue weighted by Gasteiger charge is 2.41. The summed E-state index contributed by atoms with van der Waals surface area (Å²) in [5, 5.41) is 8.03. The number of anilines is 3. The van der Waals surface area contributed by atoms with Gasteiger partial charge < -0.3 is 4.90 Å². The predicted octanol–water partition coefficient (Wildman–Crippen LogP) is 12.2. The van der Waals surface area contributed by atoms with Crippen molar-refractivity contribution in [2.24, 2.45) is 0 Å². The molecular weight excluding hydrogens is 723 g/mol. The van der Waals surface area contributed by atoms with Crippen LogP contribution in [0.1, 0.15) is 0 Å². The summed E-state index contributed by atoms with van der Waals surface area (Å²) < 4.78 is 2.57. The molecule has 1 heterocycles. The molecule has 0 N–H and O–H groups in total. The minimum absolute atomic E-state index is 1.12. The summed E-state index contributed by atoms with van der Waals surface area (Å²) >= 11 is 1.87. The molecule has 1 aromatic heterocycles. The number of hydrogen-bond acceptors (Lipinski definition) is 2. The Labute approximate surface area is 339 Å². The molecule has 0 bridgehead atoms. The summed E-state index contributed by atoms with van der Waals surface area (Å²) in [6, 6.07) is 87.0. The zero-order valence-corrected chi connectivity index (χ0v) is 33.2. The van der Waals surface area contributed by atoms with Crippen molar-refractivity contribution >= 4 is 77.4 Å². The average Bonchev–Trinajstić information content (AvgIpc) is 3.66. The van der Waals surface area contributed by atoms with Crippen molar-refractivity contribution in [3.05, 3.63) is 237 Å². The fraction of sp³-hybridized carbons (Fsp3) is 0. The topological polar surface area (TPSA) is 3.24 Å². The maximum atomic E-state index is 2.45. The van der Waals surface area contributed by atoms with Gasteiger partial charge in [0.05, 0.1) is 5.69 Å². The van der Waals surface area contributed by atoms with Crippen LogP contribution in [0.2, 0.25) is 0 Å². The molecule has 0 saturated heterocycles. The third-order valence-electron chi connectivity index (χ3n) is 11.2. The second-order valence-electron chi connectivity index (χ2n) is 14.5. The number of thiophene rings is 1. The Morgan fingerprint density at radius 2 is 0.754 bits per heavy atom. The lowest BCUT2D eigenvalue weighted by Gasteiger charge is -2.35. The smallest absolute Gasteiger partial charge is 0.179 e. The Bertz CT molecular complexity index is 2830. The first-order chi connectivity index (χ1) is 28.3. The maximum absolute atomic E-state index is 2.68. The van der Waals surface area contributed by atoms with Crippen molar-refractivity contribution < 1.29 is 0 Å². The normalized spacial score (nSPS) is 11.5. The fourth-order valence-corrected chi connectivity index (χ4v) is 14.5. The van der Waals surface area contributed by atoms with E-state index in [1.165, 1.54) is 63.2 Å². The highest BCUT2D eigenvalue weighted by atomic mass is 32.1. The van der Waals surface area contributed by atoms with Gasteiger partial charge >= 0.3 is 0 Å². The van der Waals surface area contributed by atoms with Crippen LogP contribution in [0, 0.1) is 0 Å². The molecule has 10 rings (SSSR count). The van der Waals surface area contributed by atoms with Crippen molar-refractivity contribution in [3.8, 4) is 22.3 Å².